The molecule has 5 nitrogen and oxygen atoms in total. The molecule has 2 heterocycles. The van der Waals surface area contributed by atoms with Crippen molar-refractivity contribution < 1.29 is 9.21 Å². The van der Waals surface area contributed by atoms with Crippen LogP contribution in [0.3, 0.4) is 0 Å². The van der Waals surface area contributed by atoms with E-state index in [0.717, 1.165) is 43.6 Å². The summed E-state index contributed by atoms with van der Waals surface area (Å²) in [5.41, 5.74) is 3.27. The Morgan fingerprint density at radius 2 is 1.68 bits per heavy atom. The van der Waals surface area contributed by atoms with E-state index in [1.54, 1.807) is 0 Å². The summed E-state index contributed by atoms with van der Waals surface area (Å²) < 4.78 is 5.83. The number of anilines is 1. The van der Waals surface area contributed by atoms with E-state index in [0.29, 0.717) is 0 Å². The molecular formula is C22H15N3O2S. The summed E-state index contributed by atoms with van der Waals surface area (Å²) in [7, 11) is 0. The number of amides is 1. The Morgan fingerprint density at radius 3 is 2.61 bits per heavy atom. The molecular weight excluding hydrogens is 370 g/mol. The zero-order valence-corrected chi connectivity index (χ0v) is 15.6. The third kappa shape index (κ3) is 3.08. The monoisotopic (exact) mass is 385 g/mol. The van der Waals surface area contributed by atoms with Gasteiger partial charge in [0.05, 0.1) is 11.3 Å². The SMILES string of the molecule is O=C(CSc1ncnc2ccccc12)Nc1ccc2oc3ccccc3c2c1. The van der Waals surface area contributed by atoms with E-state index in [4.69, 9.17) is 4.42 Å². The highest BCUT2D eigenvalue weighted by Crippen LogP contribution is 2.30. The summed E-state index contributed by atoms with van der Waals surface area (Å²) >= 11 is 1.40. The van der Waals surface area contributed by atoms with Crippen LogP contribution in [0.2, 0.25) is 0 Å². The number of carbonyl (C=O) groups excluding carboxylic acids is 1. The first-order valence-corrected chi connectivity index (χ1v) is 9.80. The predicted molar refractivity (Wildman–Crippen MR) is 113 cm³/mol. The van der Waals surface area contributed by atoms with Gasteiger partial charge < -0.3 is 9.73 Å². The summed E-state index contributed by atoms with van der Waals surface area (Å²) in [6.45, 7) is 0. The number of hydrogen-bond acceptors (Lipinski definition) is 5. The average molecular weight is 385 g/mol. The van der Waals surface area contributed by atoms with E-state index in [2.05, 4.69) is 15.3 Å². The number of furan rings is 1. The zero-order chi connectivity index (χ0) is 18.9. The quantitative estimate of drug-likeness (QED) is 0.338. The highest BCUT2D eigenvalue weighted by Gasteiger charge is 2.10. The lowest BCUT2D eigenvalue weighted by molar-refractivity contribution is -0.113. The lowest BCUT2D eigenvalue weighted by Gasteiger charge is -2.06. The maximum atomic E-state index is 12.5. The van der Waals surface area contributed by atoms with Crippen LogP contribution in [0.4, 0.5) is 5.69 Å². The van der Waals surface area contributed by atoms with Gasteiger partial charge in [-0.3, -0.25) is 4.79 Å². The first-order chi connectivity index (χ1) is 13.8. The molecule has 1 amide bonds. The van der Waals surface area contributed by atoms with Crippen molar-refractivity contribution in [1.82, 2.24) is 9.97 Å². The molecule has 3 aromatic carbocycles. The van der Waals surface area contributed by atoms with Gasteiger partial charge in [-0.2, -0.15) is 0 Å². The lowest BCUT2D eigenvalue weighted by atomic mass is 10.1. The Bertz CT molecular complexity index is 1320. The molecule has 0 aliphatic rings. The normalized spacial score (nSPS) is 11.3. The Labute approximate surface area is 164 Å². The van der Waals surface area contributed by atoms with E-state index < -0.39 is 0 Å². The van der Waals surface area contributed by atoms with Gasteiger partial charge in [-0.25, -0.2) is 9.97 Å². The number of fused-ring (bicyclic) bond motifs is 4. The smallest absolute Gasteiger partial charge is 0.234 e. The second-order valence-corrected chi connectivity index (χ2v) is 7.31. The summed E-state index contributed by atoms with van der Waals surface area (Å²) in [5, 5.41) is 6.74. The standard InChI is InChI=1S/C22H15N3O2S/c26-21(12-28-22-16-6-1-3-7-18(16)23-13-24-22)25-14-9-10-20-17(11-14)15-5-2-4-8-19(15)27-20/h1-11,13H,12H2,(H,25,26). The van der Waals surface area contributed by atoms with Crippen LogP contribution in [0.25, 0.3) is 32.8 Å². The van der Waals surface area contributed by atoms with Crippen LogP contribution < -0.4 is 5.32 Å². The molecule has 2 aromatic heterocycles. The molecule has 6 heteroatoms. The van der Waals surface area contributed by atoms with E-state index in [-0.39, 0.29) is 11.7 Å². The number of nitrogens with one attached hydrogen (secondary N) is 1. The van der Waals surface area contributed by atoms with Crippen molar-refractivity contribution in [1.29, 1.82) is 0 Å². The van der Waals surface area contributed by atoms with Crippen molar-refractivity contribution in [2.45, 2.75) is 5.03 Å². The van der Waals surface area contributed by atoms with Gasteiger partial charge in [0.15, 0.2) is 0 Å². The highest BCUT2D eigenvalue weighted by molar-refractivity contribution is 8.00. The number of aromatic nitrogens is 2. The highest BCUT2D eigenvalue weighted by atomic mass is 32.2. The van der Waals surface area contributed by atoms with Gasteiger partial charge in [-0.15, -0.1) is 0 Å². The van der Waals surface area contributed by atoms with Crippen molar-refractivity contribution in [3.05, 3.63) is 73.1 Å². The lowest BCUT2D eigenvalue weighted by Crippen LogP contribution is -2.14. The van der Waals surface area contributed by atoms with Crippen molar-refractivity contribution in [2.24, 2.45) is 0 Å². The van der Waals surface area contributed by atoms with Crippen LogP contribution in [-0.2, 0) is 4.79 Å². The van der Waals surface area contributed by atoms with Gasteiger partial charge in [-0.05, 0) is 30.3 Å². The molecule has 0 bridgehead atoms. The number of rotatable bonds is 4. The van der Waals surface area contributed by atoms with Gasteiger partial charge >= 0.3 is 0 Å². The molecule has 0 saturated carbocycles. The van der Waals surface area contributed by atoms with Gasteiger partial charge in [0.25, 0.3) is 0 Å². The topological polar surface area (TPSA) is 68.0 Å². The van der Waals surface area contributed by atoms with Crippen LogP contribution in [0, 0.1) is 0 Å². The first kappa shape index (κ1) is 16.8. The molecule has 136 valence electrons. The summed E-state index contributed by atoms with van der Waals surface area (Å²) in [5.74, 6) is 0.186. The Balaban J connectivity index is 1.34. The molecule has 0 atom stereocenters. The maximum Gasteiger partial charge on any atom is 0.234 e. The maximum absolute atomic E-state index is 12.5. The number of thioether (sulfide) groups is 1. The van der Waals surface area contributed by atoms with Crippen molar-refractivity contribution in [2.75, 3.05) is 11.1 Å². The van der Waals surface area contributed by atoms with Gasteiger partial charge in [0.1, 0.15) is 22.5 Å². The molecule has 0 fully saturated rings. The molecule has 0 aliphatic heterocycles. The molecule has 5 rings (SSSR count). The Kier molecular flexibility index (Phi) is 4.18. The predicted octanol–water partition coefficient (Wildman–Crippen LogP) is 5.26. The fraction of sp³-hybridized carbons (Fsp3) is 0.0455. The largest absolute Gasteiger partial charge is 0.456 e. The van der Waals surface area contributed by atoms with Crippen LogP contribution in [0.1, 0.15) is 0 Å². The van der Waals surface area contributed by atoms with Crippen LogP contribution in [0.5, 0.6) is 0 Å². The second-order valence-electron chi connectivity index (χ2n) is 6.34. The van der Waals surface area contributed by atoms with Crippen molar-refractivity contribution >= 4 is 56.2 Å². The van der Waals surface area contributed by atoms with Crippen molar-refractivity contribution in [3.8, 4) is 0 Å². The fourth-order valence-corrected chi connectivity index (χ4v) is 4.02. The average Bonchev–Trinajstić information content (AvgIpc) is 3.10. The van der Waals surface area contributed by atoms with E-state index in [1.165, 1.54) is 18.1 Å². The molecule has 28 heavy (non-hydrogen) atoms. The third-order valence-electron chi connectivity index (χ3n) is 4.51. The van der Waals surface area contributed by atoms with Crippen LogP contribution in [0.15, 0.2) is 82.5 Å². The number of nitrogens with zero attached hydrogens (tertiary/aromatic N) is 2. The summed E-state index contributed by atoms with van der Waals surface area (Å²) in [6, 6.07) is 21.4. The zero-order valence-electron chi connectivity index (χ0n) is 14.8. The Morgan fingerprint density at radius 1 is 0.893 bits per heavy atom. The van der Waals surface area contributed by atoms with Gasteiger partial charge in [-0.1, -0.05) is 48.2 Å². The molecule has 0 spiro atoms. The number of carbonyl (C=O) groups is 1. The third-order valence-corrected chi connectivity index (χ3v) is 5.51. The van der Waals surface area contributed by atoms with Crippen LogP contribution >= 0.6 is 11.8 Å². The number of para-hydroxylation sites is 2. The molecule has 0 aliphatic carbocycles. The number of hydrogen-bond donors (Lipinski definition) is 1. The molecule has 0 unspecified atom stereocenters. The molecule has 0 saturated heterocycles. The van der Waals surface area contributed by atoms with E-state index >= 15 is 0 Å². The molecule has 1 N–H and O–H groups in total. The second kappa shape index (κ2) is 6.98. The minimum atomic E-state index is -0.0835. The van der Waals surface area contributed by atoms with Gasteiger partial charge in [0, 0.05) is 21.8 Å². The summed E-state index contributed by atoms with van der Waals surface area (Å²) in [4.78, 5) is 21.0. The minimum absolute atomic E-state index is 0.0835. The van der Waals surface area contributed by atoms with Crippen molar-refractivity contribution in [3.63, 3.8) is 0 Å². The first-order valence-electron chi connectivity index (χ1n) is 8.82. The number of benzene rings is 3. The molecule has 5 aromatic rings. The van der Waals surface area contributed by atoms with Gasteiger partial charge in [0.2, 0.25) is 5.91 Å². The van der Waals surface area contributed by atoms with E-state index in [9.17, 15) is 4.79 Å². The molecule has 0 radical (unpaired) electrons. The minimum Gasteiger partial charge on any atom is -0.456 e. The van der Waals surface area contributed by atoms with Crippen LogP contribution in [-0.4, -0.2) is 21.6 Å². The fourth-order valence-electron chi connectivity index (χ4n) is 3.23. The Hall–Kier alpha value is -3.38. The summed E-state index contributed by atoms with van der Waals surface area (Å²) in [6.07, 6.45) is 1.53. The van der Waals surface area contributed by atoms with E-state index in [1.807, 2.05) is 66.7 Å².